The molecule has 1 aromatic rings. The molecule has 0 radical (unpaired) electrons. The van der Waals surface area contributed by atoms with Crippen molar-refractivity contribution in [3.05, 3.63) is 42.2 Å². The van der Waals surface area contributed by atoms with Gasteiger partial charge in [0.1, 0.15) is 0 Å². The summed E-state index contributed by atoms with van der Waals surface area (Å²) < 4.78 is 12.0. The van der Waals surface area contributed by atoms with Gasteiger partial charge in [0, 0.05) is 18.9 Å². The van der Waals surface area contributed by atoms with E-state index >= 15 is 0 Å². The smallest absolute Gasteiger partial charge is 0.229 e. The standard InChI is InChI=1S/C22H30N2O3/c1-22(7-3-2-4-8-22)21(25)24-10-11-27-20-13-18(12-19(20)24)16-26-15-17-6-5-9-23-14-17/h2-3,5-6,9,14,18-20H,4,7-8,10-13,15-16H2,1H3. The van der Waals surface area contributed by atoms with E-state index in [1.165, 1.54) is 0 Å². The zero-order valence-electron chi connectivity index (χ0n) is 16.2. The van der Waals surface area contributed by atoms with Gasteiger partial charge >= 0.3 is 0 Å². The first-order chi connectivity index (χ1) is 13.2. The fraction of sp³-hybridized carbons (Fsp3) is 0.636. The molecule has 5 heteroatoms. The molecule has 2 heterocycles. The van der Waals surface area contributed by atoms with Gasteiger partial charge in [-0.3, -0.25) is 9.78 Å². The summed E-state index contributed by atoms with van der Waals surface area (Å²) in [4.78, 5) is 19.6. The third-order valence-electron chi connectivity index (χ3n) is 6.35. The summed E-state index contributed by atoms with van der Waals surface area (Å²) in [6.45, 7) is 4.82. The Morgan fingerprint density at radius 3 is 3.11 bits per heavy atom. The Kier molecular flexibility index (Phi) is 5.60. The summed E-state index contributed by atoms with van der Waals surface area (Å²) in [6.07, 6.45) is 12.9. The van der Waals surface area contributed by atoms with Crippen LogP contribution in [0.25, 0.3) is 0 Å². The molecule has 2 aliphatic carbocycles. The quantitative estimate of drug-likeness (QED) is 0.746. The lowest BCUT2D eigenvalue weighted by Crippen LogP contribution is -2.55. The SMILES string of the molecule is CC1(C(=O)N2CCOC3CC(COCc4cccnc4)CC32)CC=CCC1. The van der Waals surface area contributed by atoms with E-state index < -0.39 is 0 Å². The Balaban J connectivity index is 1.34. The van der Waals surface area contributed by atoms with Gasteiger partial charge in [0.05, 0.1) is 37.4 Å². The molecule has 0 bridgehead atoms. The maximum Gasteiger partial charge on any atom is 0.229 e. The largest absolute Gasteiger partial charge is 0.376 e. The van der Waals surface area contributed by atoms with Crippen molar-refractivity contribution in [2.24, 2.45) is 11.3 Å². The number of allylic oxidation sites excluding steroid dienone is 2. The molecule has 4 rings (SSSR count). The third-order valence-corrected chi connectivity index (χ3v) is 6.35. The predicted octanol–water partition coefficient (Wildman–Crippen LogP) is 3.35. The average molecular weight is 370 g/mol. The molecule has 146 valence electrons. The molecule has 5 nitrogen and oxygen atoms in total. The van der Waals surface area contributed by atoms with Gasteiger partial charge in [0.2, 0.25) is 5.91 Å². The zero-order chi connectivity index (χ0) is 18.7. The summed E-state index contributed by atoms with van der Waals surface area (Å²) in [6, 6.07) is 4.17. The van der Waals surface area contributed by atoms with E-state index in [1.807, 2.05) is 18.3 Å². The van der Waals surface area contributed by atoms with E-state index in [0.29, 0.717) is 31.6 Å². The summed E-state index contributed by atoms with van der Waals surface area (Å²) in [7, 11) is 0. The molecule has 0 aromatic carbocycles. The van der Waals surface area contributed by atoms with Gasteiger partial charge in [-0.15, -0.1) is 0 Å². The van der Waals surface area contributed by atoms with Crippen molar-refractivity contribution >= 4 is 5.91 Å². The van der Waals surface area contributed by atoms with Crippen LogP contribution in [0.15, 0.2) is 36.7 Å². The number of fused-ring (bicyclic) bond motifs is 1. The van der Waals surface area contributed by atoms with E-state index in [-0.39, 0.29) is 17.6 Å². The molecule has 27 heavy (non-hydrogen) atoms. The monoisotopic (exact) mass is 370 g/mol. The molecule has 1 amide bonds. The normalized spacial score (nSPS) is 33.1. The van der Waals surface area contributed by atoms with Crippen LogP contribution in [0, 0.1) is 11.3 Å². The van der Waals surface area contributed by atoms with Gasteiger partial charge < -0.3 is 14.4 Å². The molecule has 0 spiro atoms. The molecule has 2 fully saturated rings. The molecule has 0 N–H and O–H groups in total. The van der Waals surface area contributed by atoms with Crippen molar-refractivity contribution in [3.8, 4) is 0 Å². The van der Waals surface area contributed by atoms with Gasteiger partial charge in [-0.2, -0.15) is 0 Å². The maximum atomic E-state index is 13.3. The molecule has 4 unspecified atom stereocenters. The summed E-state index contributed by atoms with van der Waals surface area (Å²) in [5.74, 6) is 0.770. The number of carbonyl (C=O) groups is 1. The molecule has 3 aliphatic rings. The Morgan fingerprint density at radius 2 is 2.33 bits per heavy atom. The predicted molar refractivity (Wildman–Crippen MR) is 103 cm³/mol. The number of nitrogens with zero attached hydrogens (tertiary/aromatic N) is 2. The van der Waals surface area contributed by atoms with Crippen LogP contribution in [0.1, 0.15) is 44.6 Å². The molecule has 1 aromatic heterocycles. The van der Waals surface area contributed by atoms with Crippen molar-refractivity contribution < 1.29 is 14.3 Å². The molecule has 1 saturated heterocycles. The van der Waals surface area contributed by atoms with Gasteiger partial charge in [-0.05, 0) is 49.7 Å². The van der Waals surface area contributed by atoms with Crippen molar-refractivity contribution in [1.82, 2.24) is 9.88 Å². The van der Waals surface area contributed by atoms with Crippen LogP contribution in [-0.4, -0.2) is 47.7 Å². The zero-order valence-corrected chi connectivity index (χ0v) is 16.2. The minimum Gasteiger partial charge on any atom is -0.376 e. The highest BCUT2D eigenvalue weighted by Crippen LogP contribution is 2.40. The summed E-state index contributed by atoms with van der Waals surface area (Å²) >= 11 is 0. The first-order valence-corrected chi connectivity index (χ1v) is 10.2. The van der Waals surface area contributed by atoms with Crippen LogP contribution in [-0.2, 0) is 20.9 Å². The number of amides is 1. The topological polar surface area (TPSA) is 51.7 Å². The Morgan fingerprint density at radius 1 is 1.41 bits per heavy atom. The second kappa shape index (κ2) is 8.11. The number of carbonyl (C=O) groups excluding carboxylic acids is 1. The maximum absolute atomic E-state index is 13.3. The van der Waals surface area contributed by atoms with Gasteiger partial charge in [-0.1, -0.05) is 25.1 Å². The Labute approximate surface area is 161 Å². The van der Waals surface area contributed by atoms with Crippen LogP contribution in [0.2, 0.25) is 0 Å². The van der Waals surface area contributed by atoms with E-state index in [1.54, 1.807) is 6.20 Å². The van der Waals surface area contributed by atoms with Crippen molar-refractivity contribution in [2.45, 2.75) is 57.8 Å². The number of rotatable bonds is 5. The first kappa shape index (κ1) is 18.6. The molecular formula is C22H30N2O3. The van der Waals surface area contributed by atoms with Crippen LogP contribution >= 0.6 is 0 Å². The van der Waals surface area contributed by atoms with E-state index in [9.17, 15) is 4.79 Å². The van der Waals surface area contributed by atoms with Gasteiger partial charge in [0.25, 0.3) is 0 Å². The molecule has 1 saturated carbocycles. The average Bonchev–Trinajstić information content (AvgIpc) is 3.12. The first-order valence-electron chi connectivity index (χ1n) is 10.2. The number of ether oxygens (including phenoxy) is 2. The number of hydrogen-bond acceptors (Lipinski definition) is 4. The Hall–Kier alpha value is -1.72. The fourth-order valence-electron chi connectivity index (χ4n) is 4.77. The molecule has 4 atom stereocenters. The van der Waals surface area contributed by atoms with E-state index in [2.05, 4.69) is 29.0 Å². The number of pyridine rings is 1. The summed E-state index contributed by atoms with van der Waals surface area (Å²) in [5.41, 5.74) is 0.852. The fourth-order valence-corrected chi connectivity index (χ4v) is 4.77. The highest BCUT2D eigenvalue weighted by molar-refractivity contribution is 5.83. The lowest BCUT2D eigenvalue weighted by atomic mass is 9.77. The van der Waals surface area contributed by atoms with Crippen molar-refractivity contribution in [3.63, 3.8) is 0 Å². The van der Waals surface area contributed by atoms with E-state index in [4.69, 9.17) is 9.47 Å². The molecule has 1 aliphatic heterocycles. The number of hydrogen-bond donors (Lipinski definition) is 0. The van der Waals surface area contributed by atoms with Crippen molar-refractivity contribution in [1.29, 1.82) is 0 Å². The van der Waals surface area contributed by atoms with Crippen LogP contribution in [0.4, 0.5) is 0 Å². The van der Waals surface area contributed by atoms with Crippen LogP contribution < -0.4 is 0 Å². The second-order valence-electron chi connectivity index (χ2n) is 8.46. The summed E-state index contributed by atoms with van der Waals surface area (Å²) in [5, 5.41) is 0. The van der Waals surface area contributed by atoms with Crippen LogP contribution in [0.5, 0.6) is 0 Å². The minimum atomic E-state index is -0.245. The second-order valence-corrected chi connectivity index (χ2v) is 8.46. The Bertz CT molecular complexity index is 677. The highest BCUT2D eigenvalue weighted by Gasteiger charge is 2.46. The number of aromatic nitrogens is 1. The van der Waals surface area contributed by atoms with Crippen LogP contribution in [0.3, 0.4) is 0 Å². The van der Waals surface area contributed by atoms with E-state index in [0.717, 1.165) is 44.2 Å². The molecular weight excluding hydrogens is 340 g/mol. The van der Waals surface area contributed by atoms with Gasteiger partial charge in [-0.25, -0.2) is 0 Å². The van der Waals surface area contributed by atoms with Crippen molar-refractivity contribution in [2.75, 3.05) is 19.8 Å². The third kappa shape index (κ3) is 4.09. The minimum absolute atomic E-state index is 0.164. The number of morpholine rings is 1. The highest BCUT2D eigenvalue weighted by atomic mass is 16.5. The van der Waals surface area contributed by atoms with Gasteiger partial charge in [0.15, 0.2) is 0 Å². The lowest BCUT2D eigenvalue weighted by Gasteiger charge is -2.43. The lowest BCUT2D eigenvalue weighted by molar-refractivity contribution is -0.154.